The van der Waals surface area contributed by atoms with Gasteiger partial charge in [0.25, 0.3) is 5.91 Å². The van der Waals surface area contributed by atoms with Crippen LogP contribution in [0.2, 0.25) is 0 Å². The molecule has 30 heavy (non-hydrogen) atoms. The van der Waals surface area contributed by atoms with Crippen LogP contribution in [0.15, 0.2) is 24.3 Å². The van der Waals surface area contributed by atoms with Gasteiger partial charge in [-0.3, -0.25) is 19.6 Å². The van der Waals surface area contributed by atoms with Gasteiger partial charge in [-0.2, -0.15) is 5.10 Å². The molecule has 9 heteroatoms. The van der Waals surface area contributed by atoms with E-state index < -0.39 is 11.6 Å². The lowest BCUT2D eigenvalue weighted by molar-refractivity contribution is -0.131. The molecule has 3 N–H and O–H groups in total. The number of carbonyl (C=O) groups is 3. The Morgan fingerprint density at radius 2 is 2.03 bits per heavy atom. The van der Waals surface area contributed by atoms with Crippen molar-refractivity contribution in [3.63, 3.8) is 0 Å². The number of nitrogens with one attached hydrogen (secondary N) is 3. The molecule has 2 heterocycles. The number of amides is 4. The third-order valence-electron chi connectivity index (χ3n) is 6.14. The van der Waals surface area contributed by atoms with Crippen molar-refractivity contribution in [1.82, 2.24) is 25.4 Å². The summed E-state index contributed by atoms with van der Waals surface area (Å²) in [5.74, 6) is 1.55. The van der Waals surface area contributed by atoms with Crippen molar-refractivity contribution in [2.75, 3.05) is 11.9 Å². The molecule has 2 aliphatic carbocycles. The SMILES string of the molecule is O=C(CCN1C(=O)NC2(CCCC2)C1=O)Nc1cccc(-c2n[nH]c(C3CC3)n2)c1. The number of imide groups is 1. The Balaban J connectivity index is 1.19. The Bertz CT molecular complexity index is 1010. The van der Waals surface area contributed by atoms with Crippen molar-refractivity contribution < 1.29 is 14.4 Å². The number of hydrogen-bond donors (Lipinski definition) is 3. The number of rotatable bonds is 6. The van der Waals surface area contributed by atoms with E-state index in [0.29, 0.717) is 30.3 Å². The zero-order chi connectivity index (χ0) is 20.7. The van der Waals surface area contributed by atoms with Gasteiger partial charge in [-0.15, -0.1) is 0 Å². The summed E-state index contributed by atoms with van der Waals surface area (Å²) in [5.41, 5.74) is 0.700. The summed E-state index contributed by atoms with van der Waals surface area (Å²) >= 11 is 0. The number of aromatic amines is 1. The summed E-state index contributed by atoms with van der Waals surface area (Å²) < 4.78 is 0. The Morgan fingerprint density at radius 3 is 2.80 bits per heavy atom. The molecule has 5 rings (SSSR count). The molecule has 0 atom stereocenters. The topological polar surface area (TPSA) is 120 Å². The van der Waals surface area contributed by atoms with Crippen LogP contribution in [-0.2, 0) is 9.59 Å². The molecule has 156 valence electrons. The number of hydrogen-bond acceptors (Lipinski definition) is 5. The minimum Gasteiger partial charge on any atom is -0.326 e. The van der Waals surface area contributed by atoms with Crippen molar-refractivity contribution in [1.29, 1.82) is 0 Å². The van der Waals surface area contributed by atoms with Crippen LogP contribution in [0.1, 0.15) is 56.7 Å². The molecule has 0 radical (unpaired) electrons. The second kappa shape index (κ2) is 7.23. The van der Waals surface area contributed by atoms with Gasteiger partial charge in [-0.1, -0.05) is 25.0 Å². The second-order valence-electron chi connectivity index (χ2n) is 8.37. The molecule has 0 unspecified atom stereocenters. The zero-order valence-corrected chi connectivity index (χ0v) is 16.6. The molecule has 1 saturated heterocycles. The van der Waals surface area contributed by atoms with Crippen LogP contribution in [0.5, 0.6) is 0 Å². The van der Waals surface area contributed by atoms with E-state index in [1.165, 1.54) is 4.90 Å². The van der Waals surface area contributed by atoms with Crippen LogP contribution in [0, 0.1) is 0 Å². The van der Waals surface area contributed by atoms with E-state index >= 15 is 0 Å². The first kappa shape index (κ1) is 18.8. The minimum atomic E-state index is -0.738. The molecule has 3 aliphatic rings. The van der Waals surface area contributed by atoms with Gasteiger partial charge >= 0.3 is 6.03 Å². The van der Waals surface area contributed by atoms with Crippen LogP contribution < -0.4 is 10.6 Å². The molecule has 9 nitrogen and oxygen atoms in total. The highest BCUT2D eigenvalue weighted by atomic mass is 16.2. The van der Waals surface area contributed by atoms with Gasteiger partial charge in [-0.05, 0) is 37.8 Å². The predicted octanol–water partition coefficient (Wildman–Crippen LogP) is 2.54. The highest BCUT2D eigenvalue weighted by molar-refractivity contribution is 6.07. The van der Waals surface area contributed by atoms with Crippen molar-refractivity contribution in [2.24, 2.45) is 0 Å². The molecule has 2 saturated carbocycles. The Hall–Kier alpha value is -3.23. The van der Waals surface area contributed by atoms with E-state index in [2.05, 4.69) is 25.8 Å². The van der Waals surface area contributed by atoms with Crippen LogP contribution >= 0.6 is 0 Å². The van der Waals surface area contributed by atoms with Crippen molar-refractivity contribution in [2.45, 2.75) is 56.4 Å². The van der Waals surface area contributed by atoms with Gasteiger partial charge in [0.1, 0.15) is 11.4 Å². The first-order valence-electron chi connectivity index (χ1n) is 10.5. The minimum absolute atomic E-state index is 0.0476. The van der Waals surface area contributed by atoms with E-state index in [0.717, 1.165) is 37.1 Å². The van der Waals surface area contributed by atoms with E-state index in [-0.39, 0.29) is 24.8 Å². The average Bonchev–Trinajstić information content (AvgIpc) is 3.18. The van der Waals surface area contributed by atoms with Gasteiger partial charge in [0.15, 0.2) is 5.82 Å². The van der Waals surface area contributed by atoms with Gasteiger partial charge in [-0.25, -0.2) is 9.78 Å². The van der Waals surface area contributed by atoms with Crippen LogP contribution in [0.25, 0.3) is 11.4 Å². The summed E-state index contributed by atoms with van der Waals surface area (Å²) in [6.07, 6.45) is 5.56. The average molecular weight is 408 g/mol. The van der Waals surface area contributed by atoms with E-state index in [1.54, 1.807) is 6.07 Å². The van der Waals surface area contributed by atoms with Crippen molar-refractivity contribution in [3.05, 3.63) is 30.1 Å². The fourth-order valence-corrected chi connectivity index (χ4v) is 4.31. The highest BCUT2D eigenvalue weighted by Crippen LogP contribution is 2.38. The van der Waals surface area contributed by atoms with Gasteiger partial charge < -0.3 is 10.6 Å². The Labute approximate surface area is 173 Å². The number of aromatic nitrogens is 3. The molecule has 2 aromatic rings. The van der Waals surface area contributed by atoms with Gasteiger partial charge in [0.2, 0.25) is 5.91 Å². The molecule has 4 amide bonds. The lowest BCUT2D eigenvalue weighted by atomic mass is 9.98. The molecular formula is C21H24N6O3. The maximum absolute atomic E-state index is 12.7. The second-order valence-corrected chi connectivity index (χ2v) is 8.37. The van der Waals surface area contributed by atoms with Crippen molar-refractivity contribution in [3.8, 4) is 11.4 Å². The highest BCUT2D eigenvalue weighted by Gasteiger charge is 2.52. The molecule has 1 aromatic carbocycles. The summed E-state index contributed by atoms with van der Waals surface area (Å²) in [4.78, 5) is 43.0. The standard InChI is InChI=1S/C21H24N6O3/c28-16(8-11-27-19(29)21(24-20(27)30)9-1-2-10-21)22-15-5-3-4-14(12-15)18-23-17(25-26-18)13-6-7-13/h3-5,12-13H,1-2,6-11H2,(H,22,28)(H,24,30)(H,23,25,26). The lowest BCUT2D eigenvalue weighted by Gasteiger charge is -2.19. The molecule has 3 fully saturated rings. The number of H-pyrrole nitrogens is 1. The monoisotopic (exact) mass is 408 g/mol. The number of carbonyl (C=O) groups excluding carboxylic acids is 3. The van der Waals surface area contributed by atoms with Gasteiger partial charge in [0.05, 0.1) is 0 Å². The normalized spacial score (nSPS) is 20.1. The van der Waals surface area contributed by atoms with Crippen molar-refractivity contribution >= 4 is 23.5 Å². The maximum atomic E-state index is 12.7. The number of urea groups is 1. The Morgan fingerprint density at radius 1 is 1.23 bits per heavy atom. The third kappa shape index (κ3) is 3.44. The maximum Gasteiger partial charge on any atom is 0.325 e. The quantitative estimate of drug-likeness (QED) is 0.635. The molecule has 1 aromatic heterocycles. The van der Waals surface area contributed by atoms with Crippen LogP contribution in [-0.4, -0.2) is 50.0 Å². The zero-order valence-electron chi connectivity index (χ0n) is 16.6. The smallest absolute Gasteiger partial charge is 0.325 e. The van der Waals surface area contributed by atoms with Gasteiger partial charge in [0, 0.05) is 30.1 Å². The number of nitrogens with zero attached hydrogens (tertiary/aromatic N) is 3. The summed E-state index contributed by atoms with van der Waals surface area (Å²) in [7, 11) is 0. The number of anilines is 1. The molecule has 1 aliphatic heterocycles. The van der Waals surface area contributed by atoms with Crippen LogP contribution in [0.3, 0.4) is 0 Å². The summed E-state index contributed by atoms with van der Waals surface area (Å²) in [6.45, 7) is 0.0730. The molecular weight excluding hydrogens is 384 g/mol. The first-order chi connectivity index (χ1) is 14.5. The summed E-state index contributed by atoms with van der Waals surface area (Å²) in [5, 5.41) is 12.9. The van der Waals surface area contributed by atoms with E-state index in [4.69, 9.17) is 0 Å². The fourth-order valence-electron chi connectivity index (χ4n) is 4.31. The molecule has 1 spiro atoms. The third-order valence-corrected chi connectivity index (χ3v) is 6.14. The Kier molecular flexibility index (Phi) is 4.52. The predicted molar refractivity (Wildman–Crippen MR) is 108 cm³/mol. The molecule has 0 bridgehead atoms. The fraction of sp³-hybridized carbons (Fsp3) is 0.476. The lowest BCUT2D eigenvalue weighted by Crippen LogP contribution is -2.44. The van der Waals surface area contributed by atoms with E-state index in [9.17, 15) is 14.4 Å². The largest absolute Gasteiger partial charge is 0.326 e. The number of benzene rings is 1. The van der Waals surface area contributed by atoms with Crippen LogP contribution in [0.4, 0.5) is 10.5 Å². The van der Waals surface area contributed by atoms with E-state index in [1.807, 2.05) is 18.2 Å². The summed E-state index contributed by atoms with van der Waals surface area (Å²) in [6, 6.07) is 6.94. The first-order valence-corrected chi connectivity index (χ1v) is 10.5.